The summed E-state index contributed by atoms with van der Waals surface area (Å²) in [5.41, 5.74) is 0.986. The number of halogens is 1. The number of rotatable bonds is 3. The summed E-state index contributed by atoms with van der Waals surface area (Å²) in [5, 5.41) is 0.705. The van der Waals surface area contributed by atoms with Crippen molar-refractivity contribution >= 4 is 23.6 Å². The van der Waals surface area contributed by atoms with Gasteiger partial charge in [0, 0.05) is 24.2 Å². The van der Waals surface area contributed by atoms with Crippen LogP contribution in [0.2, 0.25) is 5.02 Å². The van der Waals surface area contributed by atoms with E-state index in [0.29, 0.717) is 11.1 Å². The van der Waals surface area contributed by atoms with Crippen molar-refractivity contribution in [2.75, 3.05) is 27.2 Å². The number of piperidine rings is 1. The molecule has 0 atom stereocenters. The Morgan fingerprint density at radius 1 is 1.30 bits per heavy atom. The Morgan fingerprint density at radius 3 is 2.50 bits per heavy atom. The van der Waals surface area contributed by atoms with Gasteiger partial charge < -0.3 is 9.80 Å². The maximum absolute atomic E-state index is 12.2. The molecule has 1 aliphatic rings. The van der Waals surface area contributed by atoms with Gasteiger partial charge in [-0.2, -0.15) is 0 Å². The molecule has 3 nitrogen and oxygen atoms in total. The van der Waals surface area contributed by atoms with Crippen molar-refractivity contribution < 1.29 is 4.79 Å². The molecule has 1 saturated heterocycles. The molecule has 0 N–H and O–H groups in total. The average Bonchev–Trinajstić information content (AvgIpc) is 2.46. The second-order valence-electron chi connectivity index (χ2n) is 5.37. The highest BCUT2D eigenvalue weighted by Gasteiger charge is 2.22. The van der Waals surface area contributed by atoms with E-state index in [0.717, 1.165) is 31.5 Å². The van der Waals surface area contributed by atoms with Gasteiger partial charge >= 0.3 is 0 Å². The molecule has 0 bridgehead atoms. The van der Waals surface area contributed by atoms with Crippen molar-refractivity contribution in [3.8, 4) is 0 Å². The minimum Gasteiger partial charge on any atom is -0.339 e. The van der Waals surface area contributed by atoms with E-state index >= 15 is 0 Å². The van der Waals surface area contributed by atoms with Crippen molar-refractivity contribution in [2.45, 2.75) is 18.9 Å². The molecule has 1 aromatic rings. The van der Waals surface area contributed by atoms with E-state index in [9.17, 15) is 4.79 Å². The highest BCUT2D eigenvalue weighted by molar-refractivity contribution is 6.30. The van der Waals surface area contributed by atoms with Crippen molar-refractivity contribution in [3.63, 3.8) is 0 Å². The summed E-state index contributed by atoms with van der Waals surface area (Å²) >= 11 is 5.83. The third-order valence-electron chi connectivity index (χ3n) is 3.87. The van der Waals surface area contributed by atoms with Crippen LogP contribution >= 0.6 is 11.6 Å². The van der Waals surface area contributed by atoms with Crippen LogP contribution in [0.15, 0.2) is 30.3 Å². The lowest BCUT2D eigenvalue weighted by atomic mass is 10.0. The molecule has 4 heteroatoms. The first-order valence-corrected chi connectivity index (χ1v) is 7.33. The molecular weight excluding hydrogens is 272 g/mol. The first kappa shape index (κ1) is 15.1. The minimum absolute atomic E-state index is 0.0644. The topological polar surface area (TPSA) is 23.6 Å². The summed E-state index contributed by atoms with van der Waals surface area (Å²) in [6.07, 6.45) is 5.58. The van der Waals surface area contributed by atoms with E-state index in [1.54, 1.807) is 6.08 Å². The summed E-state index contributed by atoms with van der Waals surface area (Å²) in [7, 11) is 4.02. The molecule has 1 amide bonds. The van der Waals surface area contributed by atoms with Gasteiger partial charge in [0.15, 0.2) is 0 Å². The van der Waals surface area contributed by atoms with Crippen molar-refractivity contribution in [2.24, 2.45) is 0 Å². The molecule has 1 fully saturated rings. The van der Waals surface area contributed by atoms with E-state index in [-0.39, 0.29) is 5.91 Å². The van der Waals surface area contributed by atoms with Crippen molar-refractivity contribution in [3.05, 3.63) is 40.9 Å². The molecule has 2 rings (SSSR count). The zero-order valence-electron chi connectivity index (χ0n) is 12.1. The van der Waals surface area contributed by atoms with Gasteiger partial charge in [-0.1, -0.05) is 23.7 Å². The largest absolute Gasteiger partial charge is 0.339 e. The number of carbonyl (C=O) groups is 1. The second-order valence-corrected chi connectivity index (χ2v) is 5.80. The first-order chi connectivity index (χ1) is 9.56. The maximum atomic E-state index is 12.2. The van der Waals surface area contributed by atoms with Crippen molar-refractivity contribution in [1.82, 2.24) is 9.80 Å². The second kappa shape index (κ2) is 6.91. The third-order valence-corrected chi connectivity index (χ3v) is 4.12. The minimum atomic E-state index is 0.0644. The SMILES string of the molecule is CN1CCC(N(C)C(=O)/C=C\c2ccc(Cl)cc2)CC1. The van der Waals surface area contributed by atoms with Crippen LogP contribution in [0.4, 0.5) is 0 Å². The Labute approximate surface area is 125 Å². The van der Waals surface area contributed by atoms with Crippen LogP contribution in [0.1, 0.15) is 18.4 Å². The van der Waals surface area contributed by atoms with Crippen LogP contribution in [-0.4, -0.2) is 48.9 Å². The van der Waals surface area contributed by atoms with Crippen LogP contribution in [-0.2, 0) is 4.79 Å². The number of likely N-dealkylation sites (N-methyl/N-ethyl adjacent to an activating group) is 1. The summed E-state index contributed by atoms with van der Waals surface area (Å²) in [6.45, 7) is 2.12. The molecule has 1 aliphatic heterocycles. The number of hydrogen-bond donors (Lipinski definition) is 0. The fraction of sp³-hybridized carbons (Fsp3) is 0.438. The zero-order valence-corrected chi connectivity index (χ0v) is 12.8. The lowest BCUT2D eigenvalue weighted by Crippen LogP contribution is -2.43. The number of hydrogen-bond acceptors (Lipinski definition) is 2. The molecule has 0 saturated carbocycles. The average molecular weight is 293 g/mol. The molecule has 0 aromatic heterocycles. The quantitative estimate of drug-likeness (QED) is 0.800. The maximum Gasteiger partial charge on any atom is 0.246 e. The van der Waals surface area contributed by atoms with Crippen LogP contribution in [0, 0.1) is 0 Å². The van der Waals surface area contributed by atoms with E-state index in [4.69, 9.17) is 11.6 Å². The van der Waals surface area contributed by atoms with Gasteiger partial charge in [-0.25, -0.2) is 0 Å². The van der Waals surface area contributed by atoms with E-state index in [2.05, 4.69) is 11.9 Å². The van der Waals surface area contributed by atoms with E-state index < -0.39 is 0 Å². The number of nitrogens with zero attached hydrogens (tertiary/aromatic N) is 2. The monoisotopic (exact) mass is 292 g/mol. The van der Waals surface area contributed by atoms with E-state index in [1.165, 1.54) is 0 Å². The van der Waals surface area contributed by atoms with Gasteiger partial charge in [0.05, 0.1) is 0 Å². The number of likely N-dealkylation sites (tertiary alicyclic amines) is 1. The number of amides is 1. The highest BCUT2D eigenvalue weighted by Crippen LogP contribution is 2.15. The molecule has 1 heterocycles. The van der Waals surface area contributed by atoms with Gasteiger partial charge in [0.2, 0.25) is 5.91 Å². The lowest BCUT2D eigenvalue weighted by Gasteiger charge is -2.34. The molecule has 20 heavy (non-hydrogen) atoms. The molecule has 0 spiro atoms. The summed E-state index contributed by atoms with van der Waals surface area (Å²) in [6, 6.07) is 7.82. The Kier molecular flexibility index (Phi) is 5.21. The van der Waals surface area contributed by atoms with Crippen LogP contribution in [0.5, 0.6) is 0 Å². The standard InChI is InChI=1S/C16H21ClN2O/c1-18-11-9-15(10-12-18)19(2)16(20)8-5-13-3-6-14(17)7-4-13/h3-8,15H,9-12H2,1-2H3/b8-5-. The Bertz CT molecular complexity index is 476. The first-order valence-electron chi connectivity index (χ1n) is 6.95. The zero-order chi connectivity index (χ0) is 14.5. The Morgan fingerprint density at radius 2 is 1.90 bits per heavy atom. The summed E-state index contributed by atoms with van der Waals surface area (Å²) in [4.78, 5) is 16.3. The number of carbonyl (C=O) groups excluding carboxylic acids is 1. The molecule has 0 unspecified atom stereocenters. The molecule has 0 aliphatic carbocycles. The molecular formula is C16H21ClN2O. The normalized spacial score (nSPS) is 17.6. The highest BCUT2D eigenvalue weighted by atomic mass is 35.5. The summed E-state index contributed by atoms with van der Waals surface area (Å²) < 4.78 is 0. The van der Waals surface area contributed by atoms with Crippen molar-refractivity contribution in [1.29, 1.82) is 0 Å². The van der Waals surface area contributed by atoms with Crippen LogP contribution in [0.3, 0.4) is 0 Å². The summed E-state index contributed by atoms with van der Waals surface area (Å²) in [5.74, 6) is 0.0644. The van der Waals surface area contributed by atoms with Crippen LogP contribution < -0.4 is 0 Å². The van der Waals surface area contributed by atoms with Gasteiger partial charge in [-0.15, -0.1) is 0 Å². The fourth-order valence-electron chi connectivity index (χ4n) is 2.42. The van der Waals surface area contributed by atoms with Gasteiger partial charge in [0.25, 0.3) is 0 Å². The van der Waals surface area contributed by atoms with Gasteiger partial charge in [-0.3, -0.25) is 4.79 Å². The number of benzene rings is 1. The van der Waals surface area contributed by atoms with Crippen LogP contribution in [0.25, 0.3) is 6.08 Å². The molecule has 108 valence electrons. The Hall–Kier alpha value is -1.32. The molecule has 0 radical (unpaired) electrons. The third kappa shape index (κ3) is 4.09. The van der Waals surface area contributed by atoms with Gasteiger partial charge in [0.1, 0.15) is 0 Å². The van der Waals surface area contributed by atoms with E-state index in [1.807, 2.05) is 42.3 Å². The smallest absolute Gasteiger partial charge is 0.246 e. The lowest BCUT2D eigenvalue weighted by molar-refractivity contribution is -0.127. The van der Waals surface area contributed by atoms with Gasteiger partial charge in [-0.05, 0) is 56.8 Å². The fourth-order valence-corrected chi connectivity index (χ4v) is 2.55. The predicted molar refractivity (Wildman–Crippen MR) is 83.8 cm³/mol. The molecule has 1 aromatic carbocycles. The predicted octanol–water partition coefficient (Wildman–Crippen LogP) is 2.91. The Balaban J connectivity index is 1.92.